The van der Waals surface area contributed by atoms with Gasteiger partial charge in [-0.15, -0.1) is 0 Å². The van der Waals surface area contributed by atoms with Crippen molar-refractivity contribution in [2.24, 2.45) is 17.1 Å². The number of carbonyl (C=O) groups excluding carboxylic acids is 2. The lowest BCUT2D eigenvalue weighted by atomic mass is 9.71. The van der Waals surface area contributed by atoms with Crippen LogP contribution in [0.5, 0.6) is 0 Å². The summed E-state index contributed by atoms with van der Waals surface area (Å²) < 4.78 is 10.8. The van der Waals surface area contributed by atoms with E-state index in [0.29, 0.717) is 12.8 Å². The van der Waals surface area contributed by atoms with E-state index in [4.69, 9.17) is 15.2 Å². The Hall–Kier alpha value is -0.940. The molecule has 0 aromatic heterocycles. The summed E-state index contributed by atoms with van der Waals surface area (Å²) in [4.78, 5) is 23.8. The average molecular weight is 299 g/mol. The third-order valence-electron chi connectivity index (χ3n) is 3.38. The van der Waals surface area contributed by atoms with Crippen molar-refractivity contribution in [1.82, 2.24) is 0 Å². The van der Waals surface area contributed by atoms with Crippen LogP contribution in [-0.2, 0) is 19.1 Å². The number of nitrogens with two attached hydrogens (primary N) is 1. The summed E-state index contributed by atoms with van der Waals surface area (Å²) in [6.45, 7) is 11.4. The first-order valence-corrected chi connectivity index (χ1v) is 7.55. The first-order valence-electron chi connectivity index (χ1n) is 7.55. The monoisotopic (exact) mass is 299 g/mol. The molecule has 0 aliphatic heterocycles. The van der Waals surface area contributed by atoms with E-state index < -0.39 is 6.23 Å². The second-order valence-electron chi connectivity index (χ2n) is 7.87. The van der Waals surface area contributed by atoms with Crippen LogP contribution in [-0.4, -0.2) is 29.7 Å². The fraction of sp³-hybridized carbons (Fsp3) is 0.875. The fourth-order valence-electron chi connectivity index (χ4n) is 2.38. The minimum absolute atomic E-state index is 0.0160. The van der Waals surface area contributed by atoms with Crippen molar-refractivity contribution in [3.8, 4) is 0 Å². The van der Waals surface area contributed by atoms with Gasteiger partial charge in [-0.25, -0.2) is 0 Å². The predicted molar refractivity (Wildman–Crippen MR) is 80.5 cm³/mol. The number of hydrogen-bond donors (Lipinski definition) is 1. The van der Waals surface area contributed by atoms with Crippen molar-refractivity contribution in [3.63, 3.8) is 0 Å². The Morgan fingerprint density at radius 1 is 1.14 bits per heavy atom. The zero-order valence-electron chi connectivity index (χ0n) is 14.1. The highest BCUT2D eigenvalue weighted by Crippen LogP contribution is 2.36. The maximum absolute atomic E-state index is 12.0. The van der Waals surface area contributed by atoms with Crippen LogP contribution in [0.15, 0.2) is 0 Å². The maximum Gasteiger partial charge on any atom is 0.310 e. The van der Waals surface area contributed by atoms with Crippen molar-refractivity contribution in [2.45, 2.75) is 78.7 Å². The van der Waals surface area contributed by atoms with Gasteiger partial charge in [-0.2, -0.15) is 0 Å². The van der Waals surface area contributed by atoms with Gasteiger partial charge in [-0.3, -0.25) is 9.59 Å². The van der Waals surface area contributed by atoms with Crippen LogP contribution in [0.2, 0.25) is 0 Å². The third kappa shape index (κ3) is 6.14. The molecule has 0 aromatic rings. The van der Waals surface area contributed by atoms with E-state index in [1.54, 1.807) is 0 Å². The highest BCUT2D eigenvalue weighted by Gasteiger charge is 2.41. The third-order valence-corrected chi connectivity index (χ3v) is 3.38. The highest BCUT2D eigenvalue weighted by molar-refractivity contribution is 5.86. The first-order chi connectivity index (χ1) is 9.38. The number of Topliss-reactive ketones (excluding diaryl/α,β-unsaturated/α-hetero) is 1. The Bertz CT molecular complexity index is 386. The molecule has 0 spiro atoms. The summed E-state index contributed by atoms with van der Waals surface area (Å²) in [6.07, 6.45) is 0.459. The summed E-state index contributed by atoms with van der Waals surface area (Å²) in [6, 6.07) is 0. The number of ether oxygens (including phenoxy) is 2. The summed E-state index contributed by atoms with van der Waals surface area (Å²) in [5, 5.41) is 0. The normalized spacial score (nSPS) is 24.1. The number of hydrogen-bond acceptors (Lipinski definition) is 5. The smallest absolute Gasteiger partial charge is 0.310 e. The minimum atomic E-state index is -0.662. The Kier molecular flexibility index (Phi) is 5.56. The van der Waals surface area contributed by atoms with Gasteiger partial charge in [0.05, 0.1) is 12.0 Å². The molecule has 1 rings (SSSR count). The van der Waals surface area contributed by atoms with Crippen molar-refractivity contribution >= 4 is 11.8 Å². The van der Waals surface area contributed by atoms with E-state index in [-0.39, 0.29) is 41.2 Å². The van der Waals surface area contributed by atoms with Crippen LogP contribution >= 0.6 is 0 Å². The van der Waals surface area contributed by atoms with Gasteiger partial charge in [-0.1, -0.05) is 20.8 Å². The standard InChI is InChI=1S/C16H29NO4/c1-15(2,3)14(19)10-7-11(8-10)20-13(18)9-12(17)21-16(4,5)6/h10-12H,7-9,17H2,1-6H3. The molecule has 1 aliphatic carbocycles. The number of rotatable bonds is 5. The van der Waals surface area contributed by atoms with Crippen molar-refractivity contribution < 1.29 is 19.1 Å². The topological polar surface area (TPSA) is 78.6 Å². The lowest BCUT2D eigenvalue weighted by molar-refractivity contribution is -0.164. The summed E-state index contributed by atoms with van der Waals surface area (Å²) >= 11 is 0. The van der Waals surface area contributed by atoms with Gasteiger partial charge in [-0.05, 0) is 33.6 Å². The van der Waals surface area contributed by atoms with E-state index in [9.17, 15) is 9.59 Å². The van der Waals surface area contributed by atoms with Gasteiger partial charge in [0, 0.05) is 11.3 Å². The van der Waals surface area contributed by atoms with Crippen LogP contribution in [0.1, 0.15) is 60.8 Å². The number of carbonyl (C=O) groups is 2. The van der Waals surface area contributed by atoms with E-state index >= 15 is 0 Å². The van der Waals surface area contributed by atoms with Crippen LogP contribution < -0.4 is 5.73 Å². The molecule has 2 N–H and O–H groups in total. The average Bonchev–Trinajstić information content (AvgIpc) is 2.17. The van der Waals surface area contributed by atoms with Crippen molar-refractivity contribution in [2.75, 3.05) is 0 Å². The van der Waals surface area contributed by atoms with E-state index in [1.807, 2.05) is 41.5 Å². The Labute approximate surface area is 127 Å². The molecule has 0 amide bonds. The second kappa shape index (κ2) is 6.44. The van der Waals surface area contributed by atoms with Gasteiger partial charge < -0.3 is 15.2 Å². The number of esters is 1. The van der Waals surface area contributed by atoms with Crippen LogP contribution in [0.4, 0.5) is 0 Å². The molecule has 1 unspecified atom stereocenters. The molecule has 0 aromatic carbocycles. The van der Waals surface area contributed by atoms with E-state index in [2.05, 4.69) is 0 Å². The largest absolute Gasteiger partial charge is 0.462 e. The zero-order chi connectivity index (χ0) is 16.4. The van der Waals surface area contributed by atoms with Crippen LogP contribution in [0.3, 0.4) is 0 Å². The molecule has 1 saturated carbocycles. The fourth-order valence-corrected chi connectivity index (χ4v) is 2.38. The van der Waals surface area contributed by atoms with E-state index in [0.717, 1.165) is 0 Å². The Morgan fingerprint density at radius 3 is 2.10 bits per heavy atom. The van der Waals surface area contributed by atoms with E-state index in [1.165, 1.54) is 0 Å². The summed E-state index contributed by atoms with van der Waals surface area (Å²) in [7, 11) is 0. The lowest BCUT2D eigenvalue weighted by Gasteiger charge is -2.37. The molecule has 1 fully saturated rings. The summed E-state index contributed by atoms with van der Waals surface area (Å²) in [5.41, 5.74) is 5.03. The minimum Gasteiger partial charge on any atom is -0.462 e. The Balaban J connectivity index is 2.29. The second-order valence-corrected chi connectivity index (χ2v) is 7.87. The molecule has 0 bridgehead atoms. The Morgan fingerprint density at radius 2 is 1.67 bits per heavy atom. The molecular formula is C16H29NO4. The quantitative estimate of drug-likeness (QED) is 0.623. The molecule has 0 heterocycles. The van der Waals surface area contributed by atoms with Gasteiger partial charge in [0.2, 0.25) is 0 Å². The maximum atomic E-state index is 12.0. The molecule has 0 radical (unpaired) electrons. The van der Waals surface area contributed by atoms with Gasteiger partial charge in [0.1, 0.15) is 18.1 Å². The molecule has 0 saturated heterocycles. The zero-order valence-corrected chi connectivity index (χ0v) is 14.1. The molecular weight excluding hydrogens is 270 g/mol. The van der Waals surface area contributed by atoms with Crippen molar-refractivity contribution in [1.29, 1.82) is 0 Å². The first kappa shape index (κ1) is 18.1. The molecule has 122 valence electrons. The van der Waals surface area contributed by atoms with Crippen molar-refractivity contribution in [3.05, 3.63) is 0 Å². The summed E-state index contributed by atoms with van der Waals surface area (Å²) in [5.74, 6) is -0.108. The van der Waals surface area contributed by atoms with Gasteiger partial charge >= 0.3 is 5.97 Å². The van der Waals surface area contributed by atoms with Gasteiger partial charge in [0.15, 0.2) is 0 Å². The molecule has 5 heteroatoms. The van der Waals surface area contributed by atoms with Crippen LogP contribution in [0, 0.1) is 11.3 Å². The molecule has 1 atom stereocenters. The van der Waals surface area contributed by atoms with Gasteiger partial charge in [0.25, 0.3) is 0 Å². The molecule has 1 aliphatic rings. The predicted octanol–water partition coefficient (Wildman–Crippen LogP) is 2.41. The number of ketones is 1. The SMILES string of the molecule is CC(C)(C)OC(N)CC(=O)OC1CC(C(=O)C(C)(C)C)C1. The molecule has 5 nitrogen and oxygen atoms in total. The van der Waals surface area contributed by atoms with Crippen LogP contribution in [0.25, 0.3) is 0 Å². The lowest BCUT2D eigenvalue weighted by Crippen LogP contribution is -2.43. The highest BCUT2D eigenvalue weighted by atomic mass is 16.6. The molecule has 21 heavy (non-hydrogen) atoms.